The molecule has 1 aliphatic carbocycles. The Kier molecular flexibility index (Phi) is 6.37. The van der Waals surface area contributed by atoms with E-state index in [9.17, 15) is 4.39 Å². The number of likely N-dealkylation sites (N-methyl/N-ethyl adjacent to an activating group) is 1. The van der Waals surface area contributed by atoms with Gasteiger partial charge in [0.15, 0.2) is 0 Å². The summed E-state index contributed by atoms with van der Waals surface area (Å²) in [4.78, 5) is 15.1. The van der Waals surface area contributed by atoms with E-state index in [1.165, 1.54) is 22.7 Å². The fourth-order valence-electron chi connectivity index (χ4n) is 4.14. The molecule has 0 radical (unpaired) electrons. The average Bonchev–Trinajstić information content (AvgIpc) is 3.46. The summed E-state index contributed by atoms with van der Waals surface area (Å²) in [5.74, 6) is 1.82. The Hall–Kier alpha value is -2.34. The Bertz CT molecular complexity index is 927. The third-order valence-electron chi connectivity index (χ3n) is 6.53. The number of anilines is 2. The van der Waals surface area contributed by atoms with Gasteiger partial charge in [-0.3, -0.25) is 0 Å². The monoisotopic (exact) mass is 441 g/mol. The van der Waals surface area contributed by atoms with Crippen molar-refractivity contribution in [3.63, 3.8) is 0 Å². The molecule has 31 heavy (non-hydrogen) atoms. The van der Waals surface area contributed by atoms with Crippen LogP contribution in [0, 0.1) is 18.7 Å². The van der Waals surface area contributed by atoms with Crippen LogP contribution in [0.4, 0.5) is 16.0 Å². The van der Waals surface area contributed by atoms with Crippen molar-refractivity contribution in [2.24, 2.45) is 0 Å². The number of nitrogens with zero attached hydrogens (tertiary/aromatic N) is 4. The van der Waals surface area contributed by atoms with Crippen LogP contribution in [0.5, 0.6) is 0 Å². The predicted molar refractivity (Wildman–Crippen MR) is 123 cm³/mol. The predicted octanol–water partition coefficient (Wildman–Crippen LogP) is 2.32. The largest absolute Gasteiger partial charge is 0.394 e. The van der Waals surface area contributed by atoms with Crippen molar-refractivity contribution in [3.05, 3.63) is 42.0 Å². The molecule has 4 heterocycles. The minimum atomic E-state index is -0.180. The minimum absolute atomic E-state index is 0.139. The highest BCUT2D eigenvalue weighted by atomic mass is 32.2. The minimum Gasteiger partial charge on any atom is -0.394 e. The van der Waals surface area contributed by atoms with Crippen LogP contribution in [0.15, 0.2) is 35.4 Å². The normalized spacial score (nSPS) is 23.6. The molecule has 1 aromatic heterocycles. The summed E-state index contributed by atoms with van der Waals surface area (Å²) in [6.07, 6.45) is 13.3. The number of benzene rings is 1. The molecule has 2 aromatic rings. The van der Waals surface area contributed by atoms with Gasteiger partial charge in [-0.1, -0.05) is 0 Å². The van der Waals surface area contributed by atoms with Gasteiger partial charge >= 0.3 is 0 Å². The first-order valence-corrected chi connectivity index (χ1v) is 11.5. The topological polar surface area (TPSA) is 64.5 Å². The van der Waals surface area contributed by atoms with Crippen molar-refractivity contribution in [1.82, 2.24) is 15.3 Å². The van der Waals surface area contributed by atoms with Crippen LogP contribution in [0.2, 0.25) is 0 Å². The highest BCUT2D eigenvalue weighted by molar-refractivity contribution is 7.99. The Balaban J connectivity index is 0.000000219. The highest BCUT2D eigenvalue weighted by Crippen LogP contribution is 2.40. The lowest BCUT2D eigenvalue weighted by Gasteiger charge is -2.62. The second kappa shape index (κ2) is 9.03. The van der Waals surface area contributed by atoms with Crippen molar-refractivity contribution in [1.29, 1.82) is 0 Å². The number of hydrogen-bond acceptors (Lipinski definition) is 7. The summed E-state index contributed by atoms with van der Waals surface area (Å²) in [7, 11) is 1.89. The quantitative estimate of drug-likeness (QED) is 0.706. The average molecular weight is 442 g/mol. The number of hydrogen-bond donors (Lipinski definition) is 2. The molecule has 164 valence electrons. The van der Waals surface area contributed by atoms with Crippen molar-refractivity contribution in [2.45, 2.75) is 41.8 Å². The second-order valence-corrected chi connectivity index (χ2v) is 9.32. The summed E-state index contributed by atoms with van der Waals surface area (Å²) in [5.41, 5.74) is 2.45. The van der Waals surface area contributed by atoms with E-state index in [-0.39, 0.29) is 11.4 Å². The molecule has 4 aliphatic rings. The summed E-state index contributed by atoms with van der Waals surface area (Å²) in [6, 6.07) is 7.78. The van der Waals surface area contributed by atoms with Crippen LogP contribution in [-0.2, 0) is 6.42 Å². The summed E-state index contributed by atoms with van der Waals surface area (Å²) >= 11 is 1.85. The van der Waals surface area contributed by atoms with E-state index in [0.717, 1.165) is 49.7 Å². The first-order chi connectivity index (χ1) is 15.1. The van der Waals surface area contributed by atoms with E-state index in [0.29, 0.717) is 18.7 Å². The SMILES string of the molecule is C#C.CNC1(CO)CC1.Fc1ccc(N2CC3C2CN3c2ncc3c(n2)CCS3)cc1. The lowest BCUT2D eigenvalue weighted by Crippen LogP contribution is -2.79. The summed E-state index contributed by atoms with van der Waals surface area (Å²) in [6.45, 7) is 2.21. The van der Waals surface area contributed by atoms with Gasteiger partial charge in [0.25, 0.3) is 0 Å². The lowest BCUT2D eigenvalue weighted by atomic mass is 9.85. The Morgan fingerprint density at radius 2 is 1.87 bits per heavy atom. The maximum absolute atomic E-state index is 13.0. The molecule has 2 N–H and O–H groups in total. The first kappa shape index (κ1) is 21.9. The van der Waals surface area contributed by atoms with Crippen LogP contribution >= 0.6 is 11.8 Å². The molecule has 2 unspecified atom stereocenters. The van der Waals surface area contributed by atoms with Gasteiger partial charge < -0.3 is 20.2 Å². The zero-order valence-corrected chi connectivity index (χ0v) is 18.5. The molecule has 1 aromatic carbocycles. The Morgan fingerprint density at radius 3 is 2.42 bits per heavy atom. The maximum atomic E-state index is 13.0. The zero-order chi connectivity index (χ0) is 22.0. The van der Waals surface area contributed by atoms with Gasteiger partial charge in [0.2, 0.25) is 5.95 Å². The number of piperazine rings is 1. The van der Waals surface area contributed by atoms with Crippen LogP contribution in [0.3, 0.4) is 0 Å². The van der Waals surface area contributed by atoms with Gasteiger partial charge in [-0.2, -0.15) is 0 Å². The molecule has 0 spiro atoms. The van der Waals surface area contributed by atoms with Gasteiger partial charge in [-0.25, -0.2) is 14.4 Å². The van der Waals surface area contributed by atoms with Crippen molar-refractivity contribution >= 4 is 23.4 Å². The van der Waals surface area contributed by atoms with Gasteiger partial charge in [0, 0.05) is 47.6 Å². The van der Waals surface area contributed by atoms with Crippen LogP contribution in [0.1, 0.15) is 18.5 Å². The Morgan fingerprint density at radius 1 is 1.19 bits per heavy atom. The van der Waals surface area contributed by atoms with E-state index < -0.39 is 0 Å². The molecule has 0 bridgehead atoms. The molecule has 1 saturated carbocycles. The number of terminal acetylenes is 1. The number of halogens is 1. The van der Waals surface area contributed by atoms with E-state index in [1.54, 1.807) is 0 Å². The molecule has 6 nitrogen and oxygen atoms in total. The molecule has 6 rings (SSSR count). The standard InChI is InChI=1S/C16H15FN4S.C5H11NO.C2H2/c17-10-1-3-11(4-2-10)20-8-14-13(20)9-21(14)16-18-7-15-12(19-16)5-6-22-15;1-6-5(4-7)2-3-5;1-2/h1-4,7,13-14H,5-6,8-9H2;6-7H,2-4H2,1H3;1-2H. The van der Waals surface area contributed by atoms with Gasteiger partial charge in [0.1, 0.15) is 5.82 Å². The van der Waals surface area contributed by atoms with E-state index in [4.69, 9.17) is 10.1 Å². The fourth-order valence-corrected chi connectivity index (χ4v) is 5.10. The maximum Gasteiger partial charge on any atom is 0.226 e. The fraction of sp³-hybridized carbons (Fsp3) is 0.478. The highest BCUT2D eigenvalue weighted by Gasteiger charge is 2.52. The zero-order valence-electron chi connectivity index (χ0n) is 17.7. The molecule has 8 heteroatoms. The van der Waals surface area contributed by atoms with Gasteiger partial charge in [-0.15, -0.1) is 24.6 Å². The summed E-state index contributed by atoms with van der Waals surface area (Å²) < 4.78 is 13.0. The molecular formula is C23H28FN5OS. The molecular weight excluding hydrogens is 413 g/mol. The number of aliphatic hydroxyl groups is 1. The van der Waals surface area contributed by atoms with Crippen LogP contribution < -0.4 is 15.1 Å². The molecule has 3 fully saturated rings. The molecule has 0 amide bonds. The number of rotatable bonds is 4. The number of aryl methyl sites for hydroxylation is 1. The van der Waals surface area contributed by atoms with E-state index in [1.807, 2.05) is 37.1 Å². The summed E-state index contributed by atoms with van der Waals surface area (Å²) in [5, 5.41) is 11.6. The van der Waals surface area contributed by atoms with Gasteiger partial charge in [-0.05, 0) is 44.2 Å². The third-order valence-corrected chi connectivity index (χ3v) is 7.59. The molecule has 3 aliphatic heterocycles. The first-order valence-electron chi connectivity index (χ1n) is 10.5. The molecule has 2 saturated heterocycles. The number of aromatic nitrogens is 2. The van der Waals surface area contributed by atoms with Crippen LogP contribution in [0.25, 0.3) is 0 Å². The van der Waals surface area contributed by atoms with Gasteiger partial charge in [0.05, 0.1) is 24.4 Å². The number of fused-ring (bicyclic) bond motifs is 2. The number of thioether (sulfide) groups is 1. The smallest absolute Gasteiger partial charge is 0.226 e. The van der Waals surface area contributed by atoms with Crippen molar-refractivity contribution in [2.75, 3.05) is 42.3 Å². The Labute approximate surface area is 187 Å². The third kappa shape index (κ3) is 4.22. The second-order valence-electron chi connectivity index (χ2n) is 8.18. The van der Waals surface area contributed by atoms with Crippen LogP contribution in [-0.4, -0.2) is 65.2 Å². The number of aliphatic hydroxyl groups excluding tert-OH is 1. The van der Waals surface area contributed by atoms with E-state index in [2.05, 4.69) is 32.9 Å². The number of nitrogens with one attached hydrogen (secondary N) is 1. The van der Waals surface area contributed by atoms with E-state index >= 15 is 0 Å². The lowest BCUT2D eigenvalue weighted by molar-refractivity contribution is 0.237. The van der Waals surface area contributed by atoms with Crippen molar-refractivity contribution < 1.29 is 9.50 Å². The van der Waals surface area contributed by atoms with Crippen molar-refractivity contribution in [3.8, 4) is 12.8 Å². The molecule has 2 atom stereocenters.